The number of halogens is 1. The molecule has 1 atom stereocenters. The van der Waals surface area contributed by atoms with Crippen LogP contribution in [0.4, 0.5) is 19.7 Å². The average molecular weight is 493 g/mol. The maximum Gasteiger partial charge on any atom is 0.497 e. The van der Waals surface area contributed by atoms with Crippen LogP contribution in [-0.4, -0.2) is 67.8 Å². The third-order valence-corrected chi connectivity index (χ3v) is 6.00. The van der Waals surface area contributed by atoms with Crippen molar-refractivity contribution in [1.82, 2.24) is 10.6 Å². The van der Waals surface area contributed by atoms with E-state index in [2.05, 4.69) is 10.6 Å². The molecule has 2 fully saturated rings. The summed E-state index contributed by atoms with van der Waals surface area (Å²) in [4.78, 5) is 37.3. The highest BCUT2D eigenvalue weighted by atomic mass is 19.1. The van der Waals surface area contributed by atoms with Crippen LogP contribution in [0.1, 0.15) is 48.5 Å². The Hall–Kier alpha value is -2.86. The molecule has 0 aromatic heterocycles. The molecule has 1 aromatic rings. The number of hydrogen-bond donors (Lipinski definition) is 2. The van der Waals surface area contributed by atoms with Crippen molar-refractivity contribution in [3.05, 3.63) is 24.0 Å². The zero-order valence-electron chi connectivity index (χ0n) is 21.2. The lowest BCUT2D eigenvalue weighted by molar-refractivity contribution is -0.120. The first-order chi connectivity index (χ1) is 16.1. The fraction of sp³-hybridized carbons (Fsp3) is 0.609. The van der Waals surface area contributed by atoms with Crippen LogP contribution in [-0.2, 0) is 23.6 Å². The largest absolute Gasteiger partial charge is 0.497 e. The smallest absolute Gasteiger partial charge is 0.444 e. The van der Waals surface area contributed by atoms with Crippen LogP contribution < -0.4 is 21.0 Å². The van der Waals surface area contributed by atoms with Gasteiger partial charge in [-0.1, -0.05) is 6.07 Å². The zero-order chi connectivity index (χ0) is 26.2. The molecule has 3 rings (SSSR count). The van der Waals surface area contributed by atoms with Gasteiger partial charge in [0.2, 0.25) is 5.91 Å². The summed E-state index contributed by atoms with van der Waals surface area (Å²) in [5.41, 5.74) is -1.35. The van der Waals surface area contributed by atoms with Crippen LogP contribution in [0, 0.1) is 5.82 Å². The Kier molecular flexibility index (Phi) is 7.38. The number of nitrogens with one attached hydrogen (secondary N) is 2. The second kappa shape index (κ2) is 9.65. The Morgan fingerprint density at radius 1 is 1.17 bits per heavy atom. The predicted molar refractivity (Wildman–Crippen MR) is 127 cm³/mol. The molecule has 3 amide bonds. The van der Waals surface area contributed by atoms with Gasteiger partial charge in [-0.2, -0.15) is 0 Å². The number of anilines is 1. The Bertz CT molecular complexity index is 980. The maximum atomic E-state index is 14.9. The van der Waals surface area contributed by atoms with Gasteiger partial charge in [-0.15, -0.1) is 0 Å². The summed E-state index contributed by atoms with van der Waals surface area (Å²) in [6.45, 7) is 12.5. The summed E-state index contributed by atoms with van der Waals surface area (Å²) in [6.07, 6.45) is -2.00. The average Bonchev–Trinajstić information content (AvgIpc) is 3.18. The fourth-order valence-electron chi connectivity index (χ4n) is 3.44. The van der Waals surface area contributed by atoms with E-state index in [1.54, 1.807) is 26.8 Å². The lowest BCUT2D eigenvalue weighted by Crippen LogP contribution is -2.42. The van der Waals surface area contributed by atoms with E-state index >= 15 is 0 Å². The van der Waals surface area contributed by atoms with Crippen LogP contribution >= 0.6 is 0 Å². The van der Waals surface area contributed by atoms with Gasteiger partial charge in [0.15, 0.2) is 0 Å². The van der Waals surface area contributed by atoms with E-state index in [0.717, 1.165) is 0 Å². The first kappa shape index (κ1) is 26.7. The molecule has 192 valence electrons. The molecule has 0 spiro atoms. The SMILES string of the molecule is CC(C)(C)OC(=O)NCC(=O)NC[C@H]1CN(c2ccc(B3OC(C)(C)C(C)(C)O3)c(F)c2)C(=O)O1. The Morgan fingerprint density at radius 2 is 1.80 bits per heavy atom. The molecule has 2 heterocycles. The second-order valence-electron chi connectivity index (χ2n) is 10.6. The van der Waals surface area contributed by atoms with Gasteiger partial charge in [-0.25, -0.2) is 14.0 Å². The second-order valence-corrected chi connectivity index (χ2v) is 10.6. The molecule has 0 radical (unpaired) electrons. The minimum absolute atomic E-state index is 0.0333. The number of cyclic esters (lactones) is 1. The molecule has 0 aliphatic carbocycles. The highest BCUT2D eigenvalue weighted by molar-refractivity contribution is 6.62. The standard InChI is InChI=1S/C23H33BFN3O7/c1-21(2,3)33-19(30)27-12-18(29)26-11-15-13-28(20(31)32-15)14-8-9-16(17(25)10-14)24-34-22(4,5)23(6,7)35-24/h8-10,15H,11-13H2,1-7H3,(H,26,29)(H,27,30)/t15-/m0/s1. The van der Waals surface area contributed by atoms with Gasteiger partial charge in [-0.3, -0.25) is 9.69 Å². The van der Waals surface area contributed by atoms with E-state index in [1.807, 2.05) is 27.7 Å². The summed E-state index contributed by atoms with van der Waals surface area (Å²) in [6, 6.07) is 4.35. The van der Waals surface area contributed by atoms with E-state index < -0.39 is 53.9 Å². The third-order valence-electron chi connectivity index (χ3n) is 6.00. The van der Waals surface area contributed by atoms with Crippen molar-refractivity contribution in [3.63, 3.8) is 0 Å². The Balaban J connectivity index is 1.53. The van der Waals surface area contributed by atoms with Gasteiger partial charge in [0, 0.05) is 5.46 Å². The summed E-state index contributed by atoms with van der Waals surface area (Å²) in [5, 5.41) is 4.94. The third kappa shape index (κ3) is 6.43. The van der Waals surface area contributed by atoms with Crippen molar-refractivity contribution in [3.8, 4) is 0 Å². The highest BCUT2D eigenvalue weighted by Gasteiger charge is 2.52. The topological polar surface area (TPSA) is 115 Å². The van der Waals surface area contributed by atoms with Crippen molar-refractivity contribution in [2.75, 3.05) is 24.5 Å². The molecule has 1 aromatic carbocycles. The van der Waals surface area contributed by atoms with Crippen LogP contribution in [0.15, 0.2) is 18.2 Å². The van der Waals surface area contributed by atoms with Crippen molar-refractivity contribution in [2.24, 2.45) is 0 Å². The number of carbonyl (C=O) groups excluding carboxylic acids is 3. The molecule has 0 bridgehead atoms. The first-order valence-corrected chi connectivity index (χ1v) is 11.4. The van der Waals surface area contributed by atoms with E-state index in [4.69, 9.17) is 18.8 Å². The molecule has 12 heteroatoms. The van der Waals surface area contributed by atoms with Crippen molar-refractivity contribution in [1.29, 1.82) is 0 Å². The molecule has 0 saturated carbocycles. The first-order valence-electron chi connectivity index (χ1n) is 11.4. The van der Waals surface area contributed by atoms with Gasteiger partial charge < -0.3 is 29.4 Å². The quantitative estimate of drug-likeness (QED) is 0.584. The van der Waals surface area contributed by atoms with Crippen molar-refractivity contribution in [2.45, 2.75) is 71.4 Å². The van der Waals surface area contributed by atoms with Crippen LogP contribution in [0.3, 0.4) is 0 Å². The van der Waals surface area contributed by atoms with E-state index in [-0.39, 0.29) is 25.1 Å². The minimum Gasteiger partial charge on any atom is -0.444 e. The summed E-state index contributed by atoms with van der Waals surface area (Å²) >= 11 is 0. The minimum atomic E-state index is -0.864. The molecule has 0 unspecified atom stereocenters. The van der Waals surface area contributed by atoms with Gasteiger partial charge in [0.25, 0.3) is 0 Å². The summed E-state index contributed by atoms with van der Waals surface area (Å²) in [5.74, 6) is -1.04. The predicted octanol–water partition coefficient (Wildman–Crippen LogP) is 2.09. The van der Waals surface area contributed by atoms with Crippen molar-refractivity contribution >= 4 is 36.4 Å². The van der Waals surface area contributed by atoms with Crippen LogP contribution in [0.25, 0.3) is 0 Å². The van der Waals surface area contributed by atoms with Gasteiger partial charge in [0.05, 0.1) is 36.5 Å². The van der Waals surface area contributed by atoms with Gasteiger partial charge in [-0.05, 0) is 60.6 Å². The molecule has 2 aliphatic heterocycles. The summed E-state index contributed by atoms with van der Waals surface area (Å²) in [7, 11) is -0.864. The number of benzene rings is 1. The van der Waals surface area contributed by atoms with Gasteiger partial charge in [0.1, 0.15) is 17.5 Å². The van der Waals surface area contributed by atoms with Crippen molar-refractivity contribution < 1.29 is 37.6 Å². The summed E-state index contributed by atoms with van der Waals surface area (Å²) < 4.78 is 37.1. The zero-order valence-corrected chi connectivity index (χ0v) is 21.2. The lowest BCUT2D eigenvalue weighted by Gasteiger charge is -2.32. The maximum absolute atomic E-state index is 14.9. The fourth-order valence-corrected chi connectivity index (χ4v) is 3.44. The number of rotatable bonds is 6. The van der Waals surface area contributed by atoms with E-state index in [1.165, 1.54) is 17.0 Å². The molecular formula is C23H33BFN3O7. The molecule has 10 nitrogen and oxygen atoms in total. The van der Waals surface area contributed by atoms with Crippen LogP contribution in [0.5, 0.6) is 0 Å². The molecule has 35 heavy (non-hydrogen) atoms. The van der Waals surface area contributed by atoms with E-state index in [9.17, 15) is 18.8 Å². The molecule has 2 N–H and O–H groups in total. The molecule has 2 aliphatic rings. The van der Waals surface area contributed by atoms with Gasteiger partial charge >= 0.3 is 19.3 Å². The lowest BCUT2D eigenvalue weighted by atomic mass is 9.78. The molecular weight excluding hydrogens is 460 g/mol. The number of amides is 3. The molecule has 2 saturated heterocycles. The van der Waals surface area contributed by atoms with E-state index in [0.29, 0.717) is 5.69 Å². The van der Waals surface area contributed by atoms with Crippen LogP contribution in [0.2, 0.25) is 0 Å². The highest BCUT2D eigenvalue weighted by Crippen LogP contribution is 2.37. The number of alkyl carbamates (subject to hydrolysis) is 1. The Morgan fingerprint density at radius 3 is 2.37 bits per heavy atom. The number of nitrogens with zero attached hydrogens (tertiary/aromatic N) is 1. The Labute approximate surface area is 204 Å². The number of hydrogen-bond acceptors (Lipinski definition) is 7. The normalized spacial score (nSPS) is 21.0. The number of ether oxygens (including phenoxy) is 2. The monoisotopic (exact) mass is 493 g/mol. The number of carbonyl (C=O) groups is 3.